The molecule has 0 saturated heterocycles. The van der Waals surface area contributed by atoms with Gasteiger partial charge in [0.25, 0.3) is 5.69 Å². The van der Waals surface area contributed by atoms with Crippen LogP contribution >= 0.6 is 0 Å². The van der Waals surface area contributed by atoms with Gasteiger partial charge in [-0.3, -0.25) is 19.7 Å². The molecule has 0 aromatic heterocycles. The number of hydrogen-bond donors (Lipinski definition) is 2. The van der Waals surface area contributed by atoms with Crippen LogP contribution in [0.15, 0.2) is 54.6 Å². The van der Waals surface area contributed by atoms with Crippen molar-refractivity contribution in [2.24, 2.45) is 0 Å². The number of carboxylic acids is 1. The van der Waals surface area contributed by atoms with Crippen LogP contribution in [-0.4, -0.2) is 27.9 Å². The van der Waals surface area contributed by atoms with Crippen molar-refractivity contribution in [1.82, 2.24) is 5.32 Å². The molecule has 0 aliphatic carbocycles. The third kappa shape index (κ3) is 6.06. The Labute approximate surface area is 144 Å². The smallest absolute Gasteiger partial charge is 0.305 e. The van der Waals surface area contributed by atoms with Gasteiger partial charge in [-0.25, -0.2) is 0 Å². The molecule has 130 valence electrons. The SMILES string of the molecule is O=C(O)CC(Cc1ccc([N+](=O)[O-])cc1)NC(=O)Cc1ccccc1. The lowest BCUT2D eigenvalue weighted by Crippen LogP contribution is -2.38. The molecule has 0 fully saturated rings. The van der Waals surface area contributed by atoms with Crippen molar-refractivity contribution in [3.8, 4) is 0 Å². The molecule has 2 rings (SSSR count). The first kappa shape index (κ1) is 18.1. The quantitative estimate of drug-likeness (QED) is 0.565. The molecule has 2 aromatic carbocycles. The number of nitrogens with zero attached hydrogens (tertiary/aromatic N) is 1. The molecule has 0 aliphatic rings. The minimum atomic E-state index is -1.02. The number of nitro groups is 1. The number of benzene rings is 2. The number of carbonyl (C=O) groups excluding carboxylic acids is 1. The van der Waals surface area contributed by atoms with Crippen molar-refractivity contribution in [2.75, 3.05) is 0 Å². The minimum absolute atomic E-state index is 0.0355. The fourth-order valence-corrected chi connectivity index (χ4v) is 2.48. The molecule has 0 bridgehead atoms. The van der Waals surface area contributed by atoms with Crippen LogP contribution in [-0.2, 0) is 22.4 Å². The molecular weight excluding hydrogens is 324 g/mol. The predicted molar refractivity (Wildman–Crippen MR) is 91.1 cm³/mol. The summed E-state index contributed by atoms with van der Waals surface area (Å²) in [5.41, 5.74) is 1.52. The van der Waals surface area contributed by atoms with Crippen LogP contribution in [0.25, 0.3) is 0 Å². The van der Waals surface area contributed by atoms with E-state index in [4.69, 9.17) is 5.11 Å². The molecule has 1 unspecified atom stereocenters. The zero-order valence-electron chi connectivity index (χ0n) is 13.4. The maximum absolute atomic E-state index is 12.1. The average molecular weight is 342 g/mol. The summed E-state index contributed by atoms with van der Waals surface area (Å²) in [7, 11) is 0. The lowest BCUT2D eigenvalue weighted by molar-refractivity contribution is -0.384. The number of aliphatic carboxylic acids is 1. The summed E-state index contributed by atoms with van der Waals surface area (Å²) >= 11 is 0. The van der Waals surface area contributed by atoms with Gasteiger partial charge in [0.15, 0.2) is 0 Å². The van der Waals surface area contributed by atoms with Gasteiger partial charge in [-0.1, -0.05) is 42.5 Å². The van der Waals surface area contributed by atoms with Crippen LogP contribution < -0.4 is 5.32 Å². The number of nitro benzene ring substituents is 1. The second-order valence-electron chi connectivity index (χ2n) is 5.65. The van der Waals surface area contributed by atoms with E-state index in [1.165, 1.54) is 12.1 Å². The minimum Gasteiger partial charge on any atom is -0.481 e. The van der Waals surface area contributed by atoms with Crippen molar-refractivity contribution in [3.63, 3.8) is 0 Å². The molecular formula is C18H18N2O5. The van der Waals surface area contributed by atoms with E-state index in [0.29, 0.717) is 0 Å². The van der Waals surface area contributed by atoms with Crippen LogP contribution in [0.2, 0.25) is 0 Å². The van der Waals surface area contributed by atoms with E-state index in [1.807, 2.05) is 30.3 Å². The number of rotatable bonds is 8. The standard InChI is InChI=1S/C18H18N2O5/c21-17(11-13-4-2-1-3-5-13)19-15(12-18(22)23)10-14-6-8-16(9-7-14)20(24)25/h1-9,15H,10-12H2,(H,19,21)(H,22,23). The number of carbonyl (C=O) groups is 2. The third-order valence-corrected chi connectivity index (χ3v) is 3.62. The Kier molecular flexibility index (Phi) is 6.22. The monoisotopic (exact) mass is 342 g/mol. The number of carboxylic acid groups (broad SMARTS) is 1. The van der Waals surface area contributed by atoms with E-state index in [9.17, 15) is 19.7 Å². The molecule has 0 spiro atoms. The van der Waals surface area contributed by atoms with Crippen molar-refractivity contribution in [3.05, 3.63) is 75.8 Å². The predicted octanol–water partition coefficient (Wildman–Crippen LogP) is 2.34. The first-order valence-electron chi connectivity index (χ1n) is 7.72. The van der Waals surface area contributed by atoms with E-state index >= 15 is 0 Å². The molecule has 0 radical (unpaired) electrons. The summed E-state index contributed by atoms with van der Waals surface area (Å²) in [5.74, 6) is -1.29. The molecule has 25 heavy (non-hydrogen) atoms. The molecule has 1 amide bonds. The normalized spacial score (nSPS) is 11.5. The summed E-state index contributed by atoms with van der Waals surface area (Å²) in [6.45, 7) is 0. The zero-order valence-corrected chi connectivity index (χ0v) is 13.4. The van der Waals surface area contributed by atoms with E-state index in [0.717, 1.165) is 11.1 Å². The molecule has 0 aliphatic heterocycles. The Morgan fingerprint density at radius 2 is 1.68 bits per heavy atom. The Morgan fingerprint density at radius 3 is 2.24 bits per heavy atom. The highest BCUT2D eigenvalue weighted by Crippen LogP contribution is 2.14. The van der Waals surface area contributed by atoms with E-state index in [-0.39, 0.29) is 30.9 Å². The van der Waals surface area contributed by atoms with Gasteiger partial charge < -0.3 is 10.4 Å². The van der Waals surface area contributed by atoms with Crippen molar-refractivity contribution < 1.29 is 19.6 Å². The van der Waals surface area contributed by atoms with Crippen molar-refractivity contribution in [2.45, 2.75) is 25.3 Å². The Hall–Kier alpha value is -3.22. The van der Waals surface area contributed by atoms with Gasteiger partial charge in [0, 0.05) is 18.2 Å². The summed E-state index contributed by atoms with van der Waals surface area (Å²) < 4.78 is 0. The highest BCUT2D eigenvalue weighted by Gasteiger charge is 2.17. The maximum Gasteiger partial charge on any atom is 0.305 e. The van der Waals surface area contributed by atoms with Crippen molar-refractivity contribution >= 4 is 17.6 Å². The van der Waals surface area contributed by atoms with Gasteiger partial charge in [0.2, 0.25) is 5.91 Å². The highest BCUT2D eigenvalue weighted by molar-refractivity contribution is 5.79. The molecule has 0 saturated carbocycles. The van der Waals surface area contributed by atoms with Crippen molar-refractivity contribution in [1.29, 1.82) is 0 Å². The van der Waals surface area contributed by atoms with Crippen LogP contribution in [0.3, 0.4) is 0 Å². The number of non-ortho nitro benzene ring substituents is 1. The molecule has 2 N–H and O–H groups in total. The second kappa shape index (κ2) is 8.58. The summed E-state index contributed by atoms with van der Waals surface area (Å²) in [5, 5.41) is 22.4. The molecule has 7 heteroatoms. The molecule has 1 atom stereocenters. The van der Waals surface area contributed by atoms with Gasteiger partial charge in [0.05, 0.1) is 17.8 Å². The number of nitrogens with one attached hydrogen (secondary N) is 1. The number of amides is 1. The molecule has 0 heterocycles. The van der Waals surface area contributed by atoms with Crippen LogP contribution in [0.5, 0.6) is 0 Å². The zero-order chi connectivity index (χ0) is 18.2. The maximum atomic E-state index is 12.1. The van der Waals surface area contributed by atoms with Gasteiger partial charge in [-0.05, 0) is 17.5 Å². The summed E-state index contributed by atoms with van der Waals surface area (Å²) in [6, 6.07) is 14.4. The van der Waals surface area contributed by atoms with E-state index < -0.39 is 16.9 Å². The van der Waals surface area contributed by atoms with Gasteiger partial charge in [-0.15, -0.1) is 0 Å². The molecule has 7 nitrogen and oxygen atoms in total. The highest BCUT2D eigenvalue weighted by atomic mass is 16.6. The first-order chi connectivity index (χ1) is 11.9. The van der Waals surface area contributed by atoms with Gasteiger partial charge >= 0.3 is 5.97 Å². The van der Waals surface area contributed by atoms with Crippen LogP contribution in [0, 0.1) is 10.1 Å². The first-order valence-corrected chi connectivity index (χ1v) is 7.72. The summed E-state index contributed by atoms with van der Waals surface area (Å²) in [6.07, 6.45) is 0.222. The van der Waals surface area contributed by atoms with E-state index in [2.05, 4.69) is 5.32 Å². The lowest BCUT2D eigenvalue weighted by atomic mass is 10.0. The summed E-state index contributed by atoms with van der Waals surface area (Å²) in [4.78, 5) is 33.4. The Morgan fingerprint density at radius 1 is 1.04 bits per heavy atom. The van der Waals surface area contributed by atoms with Gasteiger partial charge in [0.1, 0.15) is 0 Å². The Bertz CT molecular complexity index is 744. The van der Waals surface area contributed by atoms with Gasteiger partial charge in [-0.2, -0.15) is 0 Å². The second-order valence-corrected chi connectivity index (χ2v) is 5.65. The average Bonchev–Trinajstić information content (AvgIpc) is 2.55. The fraction of sp³-hybridized carbons (Fsp3) is 0.222. The fourth-order valence-electron chi connectivity index (χ4n) is 2.48. The van der Waals surface area contributed by atoms with Crippen LogP contribution in [0.4, 0.5) is 5.69 Å². The lowest BCUT2D eigenvalue weighted by Gasteiger charge is -2.17. The third-order valence-electron chi connectivity index (χ3n) is 3.62. The number of hydrogen-bond acceptors (Lipinski definition) is 4. The van der Waals surface area contributed by atoms with Crippen LogP contribution in [0.1, 0.15) is 17.5 Å². The largest absolute Gasteiger partial charge is 0.481 e. The Balaban J connectivity index is 2.01. The molecule has 2 aromatic rings. The van der Waals surface area contributed by atoms with E-state index in [1.54, 1.807) is 12.1 Å². The topological polar surface area (TPSA) is 110 Å².